The van der Waals surface area contributed by atoms with E-state index in [-0.39, 0.29) is 35.3 Å². The zero-order valence-electron chi connectivity index (χ0n) is 18.8. The van der Waals surface area contributed by atoms with Gasteiger partial charge in [0.1, 0.15) is 11.2 Å². The second kappa shape index (κ2) is 8.45. The highest BCUT2D eigenvalue weighted by Gasteiger charge is 2.41. The lowest BCUT2D eigenvalue weighted by Crippen LogP contribution is -2.60. The van der Waals surface area contributed by atoms with Crippen LogP contribution in [0.25, 0.3) is 0 Å². The summed E-state index contributed by atoms with van der Waals surface area (Å²) in [5.74, 6) is 0. The molecule has 0 atom stereocenters. The minimum atomic E-state index is -0.438. The molecule has 2 saturated carbocycles. The molecular weight excluding hydrogens is 360 g/mol. The van der Waals surface area contributed by atoms with Crippen LogP contribution in [0.3, 0.4) is 0 Å². The van der Waals surface area contributed by atoms with Crippen molar-refractivity contribution in [2.45, 2.75) is 115 Å². The molecule has 0 heterocycles. The molecule has 164 valence electrons. The topological polar surface area (TPSA) is 129 Å². The van der Waals surface area contributed by atoms with E-state index in [9.17, 15) is 9.59 Å². The highest BCUT2D eigenvalue weighted by molar-refractivity contribution is 5.69. The van der Waals surface area contributed by atoms with Crippen LogP contribution in [-0.4, -0.2) is 46.6 Å². The smallest absolute Gasteiger partial charge is 0.408 e. The minimum absolute atomic E-state index is 0.165. The number of rotatable bonds is 2. The lowest BCUT2D eigenvalue weighted by Gasteiger charge is -2.43. The number of amides is 2. The van der Waals surface area contributed by atoms with Crippen LogP contribution in [0.15, 0.2) is 0 Å². The SMILES string of the molecule is CC1(NC(=O)OC(C)(C)C)CC(N)C1.CC1(NC(=O)OC(C)(C)C)CC(N)C1. The Hall–Kier alpha value is -1.54. The van der Waals surface area contributed by atoms with E-state index in [1.807, 2.05) is 55.4 Å². The third-order valence-electron chi connectivity index (χ3n) is 4.46. The van der Waals surface area contributed by atoms with Crippen LogP contribution in [0.1, 0.15) is 81.1 Å². The molecule has 2 amide bonds. The molecule has 0 aliphatic heterocycles. The Morgan fingerprint density at radius 1 is 0.750 bits per heavy atom. The molecule has 8 heteroatoms. The van der Waals surface area contributed by atoms with Crippen molar-refractivity contribution in [3.63, 3.8) is 0 Å². The molecule has 0 saturated heterocycles. The number of carbonyl (C=O) groups is 2. The Bertz CT molecular complexity index is 504. The van der Waals surface area contributed by atoms with Gasteiger partial charge in [0.2, 0.25) is 0 Å². The summed E-state index contributed by atoms with van der Waals surface area (Å²) in [4.78, 5) is 22.8. The van der Waals surface area contributed by atoms with Crippen LogP contribution in [0.2, 0.25) is 0 Å². The van der Waals surface area contributed by atoms with Gasteiger partial charge in [-0.15, -0.1) is 0 Å². The molecule has 2 aliphatic rings. The lowest BCUT2D eigenvalue weighted by atomic mass is 9.75. The zero-order valence-corrected chi connectivity index (χ0v) is 18.8. The second-order valence-electron chi connectivity index (χ2n) is 10.7. The third kappa shape index (κ3) is 9.10. The minimum Gasteiger partial charge on any atom is -0.444 e. The van der Waals surface area contributed by atoms with Crippen molar-refractivity contribution >= 4 is 12.2 Å². The van der Waals surface area contributed by atoms with Crippen molar-refractivity contribution in [2.75, 3.05) is 0 Å². The summed E-state index contributed by atoms with van der Waals surface area (Å²) >= 11 is 0. The summed E-state index contributed by atoms with van der Waals surface area (Å²) in [7, 11) is 0. The molecule has 0 radical (unpaired) electrons. The standard InChI is InChI=1S/2C10H20N2O2/c2*1-9(2,3)14-8(13)12-10(4)5-7(11)6-10/h2*7H,5-6,11H2,1-4H3,(H,12,13). The quantitative estimate of drug-likeness (QED) is 0.564. The van der Waals surface area contributed by atoms with Gasteiger partial charge in [-0.25, -0.2) is 9.59 Å². The molecule has 0 aromatic heterocycles. The first-order chi connectivity index (χ1) is 12.4. The van der Waals surface area contributed by atoms with Crippen LogP contribution in [0.4, 0.5) is 9.59 Å². The van der Waals surface area contributed by atoms with E-state index in [0.29, 0.717) is 0 Å². The van der Waals surface area contributed by atoms with Gasteiger partial charge in [-0.05, 0) is 81.1 Å². The number of nitrogens with one attached hydrogen (secondary N) is 2. The van der Waals surface area contributed by atoms with E-state index in [1.165, 1.54) is 0 Å². The summed E-state index contributed by atoms with van der Waals surface area (Å²) in [6.07, 6.45) is 2.59. The van der Waals surface area contributed by atoms with E-state index in [0.717, 1.165) is 25.7 Å². The van der Waals surface area contributed by atoms with Crippen molar-refractivity contribution in [3.05, 3.63) is 0 Å². The molecule has 0 spiro atoms. The molecule has 2 rings (SSSR count). The van der Waals surface area contributed by atoms with Gasteiger partial charge < -0.3 is 31.6 Å². The Balaban J connectivity index is 0.000000280. The van der Waals surface area contributed by atoms with Gasteiger partial charge in [-0.1, -0.05) is 0 Å². The highest BCUT2D eigenvalue weighted by atomic mass is 16.6. The van der Waals surface area contributed by atoms with E-state index in [2.05, 4.69) is 10.6 Å². The molecule has 6 N–H and O–H groups in total. The summed E-state index contributed by atoms with van der Waals surface area (Å²) in [5.41, 5.74) is 10.1. The molecular formula is C20H40N4O4. The average Bonchev–Trinajstić information content (AvgIpc) is 2.29. The van der Waals surface area contributed by atoms with Crippen molar-refractivity contribution in [1.82, 2.24) is 10.6 Å². The Labute approximate surface area is 169 Å². The van der Waals surface area contributed by atoms with Crippen molar-refractivity contribution in [1.29, 1.82) is 0 Å². The van der Waals surface area contributed by atoms with Gasteiger partial charge >= 0.3 is 12.2 Å². The summed E-state index contributed by atoms with van der Waals surface area (Å²) in [6.45, 7) is 15.1. The first-order valence-corrected chi connectivity index (χ1v) is 9.94. The van der Waals surface area contributed by atoms with Crippen LogP contribution >= 0.6 is 0 Å². The monoisotopic (exact) mass is 400 g/mol. The predicted molar refractivity (Wildman–Crippen MR) is 110 cm³/mol. The normalized spacial score (nSPS) is 31.9. The molecule has 0 bridgehead atoms. The number of nitrogens with two attached hydrogens (primary N) is 2. The molecule has 8 nitrogen and oxygen atoms in total. The Kier molecular flexibility index (Phi) is 7.39. The number of carbonyl (C=O) groups excluding carboxylic acids is 2. The fourth-order valence-electron chi connectivity index (χ4n) is 3.50. The number of hydrogen-bond donors (Lipinski definition) is 4. The fourth-order valence-corrected chi connectivity index (χ4v) is 3.50. The molecule has 2 fully saturated rings. The van der Waals surface area contributed by atoms with Gasteiger partial charge in [0.25, 0.3) is 0 Å². The predicted octanol–water partition coefficient (Wildman–Crippen LogP) is 2.78. The van der Waals surface area contributed by atoms with Gasteiger partial charge in [0, 0.05) is 23.2 Å². The van der Waals surface area contributed by atoms with E-state index in [4.69, 9.17) is 20.9 Å². The zero-order chi connectivity index (χ0) is 22.0. The van der Waals surface area contributed by atoms with Gasteiger partial charge in [0.15, 0.2) is 0 Å². The van der Waals surface area contributed by atoms with Crippen LogP contribution in [0, 0.1) is 0 Å². The average molecular weight is 401 g/mol. The number of hydrogen-bond acceptors (Lipinski definition) is 6. The van der Waals surface area contributed by atoms with Crippen LogP contribution in [-0.2, 0) is 9.47 Å². The van der Waals surface area contributed by atoms with Gasteiger partial charge in [-0.2, -0.15) is 0 Å². The first-order valence-electron chi connectivity index (χ1n) is 9.94. The summed E-state index contributed by atoms with van der Waals surface area (Å²) < 4.78 is 10.3. The van der Waals surface area contributed by atoms with E-state index < -0.39 is 11.2 Å². The van der Waals surface area contributed by atoms with Crippen molar-refractivity contribution < 1.29 is 19.1 Å². The molecule has 0 aromatic rings. The molecule has 28 heavy (non-hydrogen) atoms. The maximum atomic E-state index is 11.4. The van der Waals surface area contributed by atoms with Crippen molar-refractivity contribution in [3.8, 4) is 0 Å². The lowest BCUT2D eigenvalue weighted by molar-refractivity contribution is 0.0372. The Morgan fingerprint density at radius 3 is 1.18 bits per heavy atom. The molecule has 0 unspecified atom stereocenters. The van der Waals surface area contributed by atoms with Crippen molar-refractivity contribution in [2.24, 2.45) is 11.5 Å². The van der Waals surface area contributed by atoms with Crippen LogP contribution < -0.4 is 22.1 Å². The molecule has 0 aromatic carbocycles. The third-order valence-corrected chi connectivity index (χ3v) is 4.46. The summed E-state index contributed by atoms with van der Waals surface area (Å²) in [6, 6.07) is 0.435. The maximum absolute atomic E-state index is 11.4. The largest absolute Gasteiger partial charge is 0.444 e. The highest BCUT2D eigenvalue weighted by Crippen LogP contribution is 2.31. The van der Waals surface area contributed by atoms with Gasteiger partial charge in [0.05, 0.1) is 0 Å². The van der Waals surface area contributed by atoms with E-state index >= 15 is 0 Å². The summed E-state index contributed by atoms with van der Waals surface area (Å²) in [5, 5.41) is 5.68. The second-order valence-corrected chi connectivity index (χ2v) is 10.7. The number of alkyl carbamates (subject to hydrolysis) is 2. The van der Waals surface area contributed by atoms with Crippen LogP contribution in [0.5, 0.6) is 0 Å². The van der Waals surface area contributed by atoms with Gasteiger partial charge in [-0.3, -0.25) is 0 Å². The maximum Gasteiger partial charge on any atom is 0.408 e. The first kappa shape index (κ1) is 24.5. The Morgan fingerprint density at radius 2 is 1.00 bits per heavy atom. The molecule has 2 aliphatic carbocycles. The number of ether oxygens (including phenoxy) is 2. The fraction of sp³-hybridized carbons (Fsp3) is 0.900. The van der Waals surface area contributed by atoms with E-state index in [1.54, 1.807) is 0 Å².